The zero-order valence-corrected chi connectivity index (χ0v) is 20.7. The number of carbonyl (C=O) groups is 3. The lowest BCUT2D eigenvalue weighted by atomic mass is 9.88. The van der Waals surface area contributed by atoms with Crippen molar-refractivity contribution in [2.24, 2.45) is 0 Å². The molecule has 3 aromatic carbocycles. The molecular weight excluding hydrogens is 470 g/mol. The molecule has 2 aliphatic rings. The summed E-state index contributed by atoms with van der Waals surface area (Å²) in [7, 11) is 2.85. The Morgan fingerprint density at radius 3 is 2.16 bits per heavy atom. The van der Waals surface area contributed by atoms with E-state index in [2.05, 4.69) is 0 Å². The van der Waals surface area contributed by atoms with E-state index in [1.54, 1.807) is 43.5 Å². The summed E-state index contributed by atoms with van der Waals surface area (Å²) in [4.78, 5) is 40.1. The van der Waals surface area contributed by atoms with Gasteiger partial charge in [0.1, 0.15) is 11.5 Å². The van der Waals surface area contributed by atoms with E-state index in [1.165, 1.54) is 29.7 Å². The average molecular weight is 498 g/mol. The van der Waals surface area contributed by atoms with Gasteiger partial charge in [-0.2, -0.15) is 0 Å². The molecule has 0 bridgehead atoms. The number of aryl methyl sites for hydroxylation is 2. The highest BCUT2D eigenvalue weighted by Gasteiger charge is 2.47. The smallest absolute Gasteiger partial charge is 0.337 e. The highest BCUT2D eigenvalue weighted by Crippen LogP contribution is 2.43. The number of anilines is 1. The van der Waals surface area contributed by atoms with Crippen molar-refractivity contribution in [1.29, 1.82) is 0 Å². The Bertz CT molecular complexity index is 1400. The minimum Gasteiger partial charge on any atom is -0.507 e. The number of ether oxygens (including phenoxy) is 2. The highest BCUT2D eigenvalue weighted by molar-refractivity contribution is 6.51. The van der Waals surface area contributed by atoms with Crippen LogP contribution in [0.15, 0.2) is 72.3 Å². The summed E-state index contributed by atoms with van der Waals surface area (Å²) in [6.45, 7) is 0. The van der Waals surface area contributed by atoms with E-state index in [1.807, 2.05) is 18.2 Å². The molecule has 0 aromatic heterocycles. The molecule has 3 aromatic rings. The van der Waals surface area contributed by atoms with Crippen molar-refractivity contribution in [3.05, 3.63) is 100 Å². The number of nitrogens with zero attached hydrogens (tertiary/aromatic N) is 1. The van der Waals surface area contributed by atoms with Crippen LogP contribution in [-0.2, 0) is 27.2 Å². The van der Waals surface area contributed by atoms with Crippen molar-refractivity contribution in [3.63, 3.8) is 0 Å². The third kappa shape index (κ3) is 4.37. The lowest BCUT2D eigenvalue weighted by molar-refractivity contribution is -0.132. The molecule has 1 fully saturated rings. The number of amides is 1. The summed E-state index contributed by atoms with van der Waals surface area (Å²) in [5, 5.41) is 11.5. The van der Waals surface area contributed by atoms with Gasteiger partial charge in [-0.05, 0) is 84.8 Å². The molecule has 1 heterocycles. The van der Waals surface area contributed by atoms with Crippen LogP contribution in [0.2, 0.25) is 0 Å². The van der Waals surface area contributed by atoms with Crippen LogP contribution in [0, 0.1) is 0 Å². The summed E-state index contributed by atoms with van der Waals surface area (Å²) in [6, 6.07) is 18.1. The summed E-state index contributed by atoms with van der Waals surface area (Å²) in [6.07, 6.45) is 4.12. The standard InChI is InChI=1S/C30H27NO6/c1-36-24-15-11-19(12-16-24)26-25(27(32)22-8-7-18-5-3-4-6-21(18)17-22)28(33)29(34)31(26)23-13-9-20(10-14-23)30(35)37-2/h7-17,26,32H,3-6H2,1-2H3/b27-25-. The number of benzene rings is 3. The molecule has 7 heteroatoms. The van der Waals surface area contributed by atoms with Crippen molar-refractivity contribution < 1.29 is 29.0 Å². The maximum atomic E-state index is 13.4. The summed E-state index contributed by atoms with van der Waals surface area (Å²) in [5.74, 6) is -1.62. The van der Waals surface area contributed by atoms with E-state index in [4.69, 9.17) is 9.47 Å². The number of aliphatic hydroxyl groups excluding tert-OH is 1. The molecule has 37 heavy (non-hydrogen) atoms. The predicted octanol–water partition coefficient (Wildman–Crippen LogP) is 4.99. The summed E-state index contributed by atoms with van der Waals surface area (Å²) >= 11 is 0. The first-order valence-electron chi connectivity index (χ1n) is 12.2. The van der Waals surface area contributed by atoms with Gasteiger partial charge in [0.25, 0.3) is 11.7 Å². The van der Waals surface area contributed by atoms with E-state index in [9.17, 15) is 19.5 Å². The van der Waals surface area contributed by atoms with Crippen molar-refractivity contribution >= 4 is 29.1 Å². The zero-order valence-electron chi connectivity index (χ0n) is 20.7. The number of hydrogen-bond donors (Lipinski definition) is 1. The van der Waals surface area contributed by atoms with Gasteiger partial charge in [-0.25, -0.2) is 4.79 Å². The van der Waals surface area contributed by atoms with E-state index in [-0.39, 0.29) is 11.3 Å². The van der Waals surface area contributed by atoms with Gasteiger partial charge in [-0.15, -0.1) is 0 Å². The van der Waals surface area contributed by atoms with Gasteiger partial charge in [-0.3, -0.25) is 14.5 Å². The Balaban J connectivity index is 1.65. The van der Waals surface area contributed by atoms with E-state index < -0.39 is 23.7 Å². The van der Waals surface area contributed by atoms with Gasteiger partial charge >= 0.3 is 5.97 Å². The topological polar surface area (TPSA) is 93.1 Å². The Morgan fingerprint density at radius 2 is 1.51 bits per heavy atom. The van der Waals surface area contributed by atoms with Crippen molar-refractivity contribution in [2.45, 2.75) is 31.7 Å². The number of ketones is 1. The Hall–Kier alpha value is -4.39. The number of carbonyl (C=O) groups excluding carboxylic acids is 3. The third-order valence-corrected chi connectivity index (χ3v) is 7.06. The van der Waals surface area contributed by atoms with Gasteiger partial charge in [0.15, 0.2) is 0 Å². The molecule has 1 aliphatic carbocycles. The van der Waals surface area contributed by atoms with Crippen LogP contribution in [0.1, 0.15) is 51.5 Å². The normalized spacial score (nSPS) is 18.4. The largest absolute Gasteiger partial charge is 0.507 e. The molecule has 1 atom stereocenters. The number of aliphatic hydroxyl groups is 1. The monoisotopic (exact) mass is 497 g/mol. The molecule has 1 aliphatic heterocycles. The molecule has 1 N–H and O–H groups in total. The Morgan fingerprint density at radius 1 is 0.865 bits per heavy atom. The van der Waals surface area contributed by atoms with Crippen LogP contribution < -0.4 is 9.64 Å². The zero-order chi connectivity index (χ0) is 26.1. The van der Waals surface area contributed by atoms with Gasteiger partial charge in [-0.1, -0.05) is 24.3 Å². The summed E-state index contributed by atoms with van der Waals surface area (Å²) < 4.78 is 10.0. The maximum absolute atomic E-state index is 13.4. The molecule has 1 amide bonds. The lowest BCUT2D eigenvalue weighted by Crippen LogP contribution is -2.29. The average Bonchev–Trinajstić information content (AvgIpc) is 3.21. The molecule has 0 saturated carbocycles. The van der Waals surface area contributed by atoms with Gasteiger partial charge < -0.3 is 14.6 Å². The molecule has 5 rings (SSSR count). The van der Waals surface area contributed by atoms with E-state index in [0.29, 0.717) is 28.1 Å². The van der Waals surface area contributed by atoms with Crippen LogP contribution in [-0.4, -0.2) is 37.0 Å². The first kappa shape index (κ1) is 24.3. The predicted molar refractivity (Wildman–Crippen MR) is 139 cm³/mol. The van der Waals surface area contributed by atoms with Crippen molar-refractivity contribution in [2.75, 3.05) is 19.1 Å². The Kier molecular flexibility index (Phi) is 6.53. The molecule has 188 valence electrons. The minimum atomic E-state index is -0.870. The van der Waals surface area contributed by atoms with Crippen LogP contribution >= 0.6 is 0 Å². The second-order valence-corrected chi connectivity index (χ2v) is 9.17. The molecular formula is C30H27NO6. The van der Waals surface area contributed by atoms with E-state index in [0.717, 1.165) is 31.2 Å². The van der Waals surface area contributed by atoms with Crippen molar-refractivity contribution in [3.8, 4) is 5.75 Å². The van der Waals surface area contributed by atoms with Crippen molar-refractivity contribution in [1.82, 2.24) is 0 Å². The first-order valence-corrected chi connectivity index (χ1v) is 12.2. The van der Waals surface area contributed by atoms with Crippen LogP contribution in [0.5, 0.6) is 5.75 Å². The SMILES string of the molecule is COC(=O)c1ccc(N2C(=O)C(=O)/C(=C(\O)c3ccc4c(c3)CCCC4)C2c2ccc(OC)cc2)cc1. The fraction of sp³-hybridized carbons (Fsp3) is 0.233. The minimum absolute atomic E-state index is 0.0166. The van der Waals surface area contributed by atoms with Gasteiger partial charge in [0, 0.05) is 11.3 Å². The number of Topliss-reactive ketones (excluding diaryl/α,β-unsaturated/α-hetero) is 1. The molecule has 1 saturated heterocycles. The number of esters is 1. The third-order valence-electron chi connectivity index (χ3n) is 7.06. The van der Waals surface area contributed by atoms with Crippen LogP contribution in [0.25, 0.3) is 5.76 Å². The fourth-order valence-corrected chi connectivity index (χ4v) is 5.11. The first-order chi connectivity index (χ1) is 17.9. The lowest BCUT2D eigenvalue weighted by Gasteiger charge is -2.26. The molecule has 1 unspecified atom stereocenters. The Labute approximate surface area is 214 Å². The fourth-order valence-electron chi connectivity index (χ4n) is 5.11. The molecule has 0 radical (unpaired) electrons. The quantitative estimate of drug-likeness (QED) is 0.231. The molecule has 7 nitrogen and oxygen atoms in total. The maximum Gasteiger partial charge on any atom is 0.337 e. The second kappa shape index (κ2) is 9.93. The molecule has 0 spiro atoms. The summed E-state index contributed by atoms with van der Waals surface area (Å²) in [5.41, 5.74) is 4.31. The number of hydrogen-bond acceptors (Lipinski definition) is 6. The number of methoxy groups -OCH3 is 2. The van der Waals surface area contributed by atoms with Gasteiger partial charge in [0.05, 0.1) is 31.4 Å². The van der Waals surface area contributed by atoms with Gasteiger partial charge in [0.2, 0.25) is 0 Å². The second-order valence-electron chi connectivity index (χ2n) is 9.17. The number of fused-ring (bicyclic) bond motifs is 1. The number of rotatable bonds is 5. The highest BCUT2D eigenvalue weighted by atomic mass is 16.5. The van der Waals surface area contributed by atoms with Crippen LogP contribution in [0.3, 0.4) is 0 Å². The van der Waals surface area contributed by atoms with Crippen LogP contribution in [0.4, 0.5) is 5.69 Å². The van der Waals surface area contributed by atoms with E-state index >= 15 is 0 Å².